The quantitative estimate of drug-likeness (QED) is 0.649. The van der Waals surface area contributed by atoms with Gasteiger partial charge in [0.25, 0.3) is 0 Å². The van der Waals surface area contributed by atoms with Crippen LogP contribution in [0.2, 0.25) is 0 Å². The summed E-state index contributed by atoms with van der Waals surface area (Å²) in [4.78, 5) is 24.4. The summed E-state index contributed by atoms with van der Waals surface area (Å²) in [5.74, 6) is -3.71. The Kier molecular flexibility index (Phi) is 4.34. The van der Waals surface area contributed by atoms with Crippen molar-refractivity contribution in [3.8, 4) is 0 Å². The molecule has 4 aliphatic rings. The molecule has 0 spiro atoms. The summed E-state index contributed by atoms with van der Waals surface area (Å²) in [6.07, 6.45) is 0.653. The Balaban J connectivity index is 1.89. The molecular weight excluding hydrogens is 382 g/mol. The second-order valence-corrected chi connectivity index (χ2v) is 9.87. The van der Waals surface area contributed by atoms with Crippen molar-refractivity contribution < 1.29 is 33.7 Å². The molecule has 0 aliphatic heterocycles. The standard InChI is InChI=1S/C22H28F2O5/c1-11-6-13-14-8-16(23)15-7-12(26)4-5-19(15,2)21(14,24)17(27)9-20(13,3)22(11,29)18(28)10-25/h4-5,11,13-14,17,25,27,29H,6-10H2,1-3H3/t11-,13-,14-,17-,19-,20-,21-,22-/m0/s1. The van der Waals surface area contributed by atoms with Crippen molar-refractivity contribution >= 4 is 11.6 Å². The van der Waals surface area contributed by atoms with E-state index in [1.165, 1.54) is 19.1 Å². The molecule has 0 bridgehead atoms. The minimum absolute atomic E-state index is 0.0825. The highest BCUT2D eigenvalue weighted by Gasteiger charge is 2.75. The molecule has 7 heteroatoms. The average molecular weight is 410 g/mol. The van der Waals surface area contributed by atoms with E-state index >= 15 is 8.78 Å². The van der Waals surface area contributed by atoms with Gasteiger partial charge in [-0.2, -0.15) is 0 Å². The van der Waals surface area contributed by atoms with E-state index in [2.05, 4.69) is 0 Å². The van der Waals surface area contributed by atoms with E-state index < -0.39 is 64.2 Å². The Morgan fingerprint density at radius 1 is 1.31 bits per heavy atom. The summed E-state index contributed by atoms with van der Waals surface area (Å²) >= 11 is 0. The fourth-order valence-electron chi connectivity index (χ4n) is 7.23. The van der Waals surface area contributed by atoms with Gasteiger partial charge < -0.3 is 15.3 Å². The molecule has 8 atom stereocenters. The van der Waals surface area contributed by atoms with E-state index in [1.807, 2.05) is 0 Å². The molecule has 0 radical (unpaired) electrons. The molecule has 3 N–H and O–H groups in total. The highest BCUT2D eigenvalue weighted by Crippen LogP contribution is 2.71. The summed E-state index contributed by atoms with van der Waals surface area (Å²) in [6, 6.07) is 0. The molecule has 0 amide bonds. The molecule has 29 heavy (non-hydrogen) atoms. The molecule has 0 unspecified atom stereocenters. The number of fused-ring (bicyclic) bond motifs is 5. The second-order valence-electron chi connectivity index (χ2n) is 9.87. The normalized spacial score (nSPS) is 51.5. The van der Waals surface area contributed by atoms with Crippen molar-refractivity contribution in [2.75, 3.05) is 6.61 Å². The van der Waals surface area contributed by atoms with Crippen LogP contribution in [0, 0.1) is 28.6 Å². The fourth-order valence-corrected chi connectivity index (χ4v) is 7.23. The number of halogens is 2. The topological polar surface area (TPSA) is 94.8 Å². The lowest BCUT2D eigenvalue weighted by Crippen LogP contribution is -2.69. The van der Waals surface area contributed by atoms with Gasteiger partial charge in [-0.05, 0) is 43.3 Å². The minimum atomic E-state index is -2.23. The van der Waals surface area contributed by atoms with Crippen LogP contribution in [0.25, 0.3) is 0 Å². The molecule has 5 nitrogen and oxygen atoms in total. The van der Waals surface area contributed by atoms with E-state index in [-0.39, 0.29) is 37.0 Å². The Labute approximate surface area is 168 Å². The van der Waals surface area contributed by atoms with Gasteiger partial charge in [-0.15, -0.1) is 0 Å². The number of hydrogen-bond donors (Lipinski definition) is 3. The first-order valence-corrected chi connectivity index (χ1v) is 10.2. The van der Waals surface area contributed by atoms with Crippen LogP contribution in [0.5, 0.6) is 0 Å². The summed E-state index contributed by atoms with van der Waals surface area (Å²) in [6.45, 7) is 3.97. The fraction of sp³-hybridized carbons (Fsp3) is 0.727. The summed E-state index contributed by atoms with van der Waals surface area (Å²) < 4.78 is 32.1. The van der Waals surface area contributed by atoms with Gasteiger partial charge in [-0.3, -0.25) is 9.59 Å². The van der Waals surface area contributed by atoms with Gasteiger partial charge in [0.1, 0.15) is 18.0 Å². The Hall–Kier alpha value is -1.44. The summed E-state index contributed by atoms with van der Waals surface area (Å²) in [5.41, 5.74) is -6.74. The Morgan fingerprint density at radius 3 is 2.59 bits per heavy atom. The van der Waals surface area contributed by atoms with Crippen LogP contribution in [-0.2, 0) is 9.59 Å². The van der Waals surface area contributed by atoms with Crippen molar-refractivity contribution in [1.82, 2.24) is 0 Å². The predicted octanol–water partition coefficient (Wildman–Crippen LogP) is 2.19. The van der Waals surface area contributed by atoms with Crippen LogP contribution in [0.15, 0.2) is 23.6 Å². The van der Waals surface area contributed by atoms with Gasteiger partial charge in [0.15, 0.2) is 17.2 Å². The molecular formula is C22H28F2O5. The molecule has 4 rings (SSSR count). The maximum atomic E-state index is 16.9. The number of carbonyl (C=O) groups is 2. The first-order valence-electron chi connectivity index (χ1n) is 10.2. The number of allylic oxidation sites excluding steroid dienone is 4. The van der Waals surface area contributed by atoms with Crippen molar-refractivity contribution in [3.63, 3.8) is 0 Å². The number of hydrogen-bond acceptors (Lipinski definition) is 5. The maximum Gasteiger partial charge on any atom is 0.190 e. The zero-order valence-electron chi connectivity index (χ0n) is 16.9. The monoisotopic (exact) mass is 410 g/mol. The Bertz CT molecular complexity index is 852. The lowest BCUT2D eigenvalue weighted by atomic mass is 9.45. The number of rotatable bonds is 2. The third-order valence-corrected chi connectivity index (χ3v) is 8.81. The minimum Gasteiger partial charge on any atom is -0.390 e. The van der Waals surface area contributed by atoms with Gasteiger partial charge >= 0.3 is 0 Å². The van der Waals surface area contributed by atoms with Crippen molar-refractivity contribution in [2.24, 2.45) is 28.6 Å². The Morgan fingerprint density at radius 2 is 1.97 bits per heavy atom. The predicted molar refractivity (Wildman–Crippen MR) is 100.0 cm³/mol. The van der Waals surface area contributed by atoms with Gasteiger partial charge in [0.05, 0.1) is 6.10 Å². The number of alkyl halides is 1. The van der Waals surface area contributed by atoms with Crippen molar-refractivity contribution in [2.45, 2.75) is 63.8 Å². The zero-order chi connectivity index (χ0) is 21.6. The second kappa shape index (κ2) is 6.05. The van der Waals surface area contributed by atoms with E-state index in [9.17, 15) is 24.9 Å². The molecule has 2 fully saturated rings. The molecule has 4 aliphatic carbocycles. The third-order valence-electron chi connectivity index (χ3n) is 8.81. The van der Waals surface area contributed by atoms with E-state index in [1.54, 1.807) is 13.8 Å². The highest BCUT2D eigenvalue weighted by molar-refractivity contribution is 5.94. The average Bonchev–Trinajstić information content (AvgIpc) is 2.86. The summed E-state index contributed by atoms with van der Waals surface area (Å²) in [5, 5.41) is 31.9. The van der Waals surface area contributed by atoms with Crippen LogP contribution in [0.4, 0.5) is 8.78 Å². The van der Waals surface area contributed by atoms with Crippen LogP contribution in [0.3, 0.4) is 0 Å². The highest BCUT2D eigenvalue weighted by atomic mass is 19.1. The van der Waals surface area contributed by atoms with Crippen molar-refractivity contribution in [1.29, 1.82) is 0 Å². The van der Waals surface area contributed by atoms with Crippen LogP contribution in [-0.4, -0.2) is 50.9 Å². The number of carbonyl (C=O) groups excluding carboxylic acids is 2. The van der Waals surface area contributed by atoms with Crippen molar-refractivity contribution in [3.05, 3.63) is 23.6 Å². The lowest BCUT2D eigenvalue weighted by Gasteiger charge is -2.62. The van der Waals surface area contributed by atoms with Crippen LogP contribution >= 0.6 is 0 Å². The number of aliphatic hydroxyl groups excluding tert-OH is 2. The molecule has 0 aromatic carbocycles. The lowest BCUT2D eigenvalue weighted by molar-refractivity contribution is -0.217. The smallest absolute Gasteiger partial charge is 0.190 e. The maximum absolute atomic E-state index is 16.9. The first kappa shape index (κ1) is 20.8. The third kappa shape index (κ3) is 2.19. The van der Waals surface area contributed by atoms with Gasteiger partial charge in [0, 0.05) is 29.6 Å². The molecule has 0 heterocycles. The summed E-state index contributed by atoms with van der Waals surface area (Å²) in [7, 11) is 0. The van der Waals surface area contributed by atoms with Gasteiger partial charge in [0.2, 0.25) is 0 Å². The zero-order valence-corrected chi connectivity index (χ0v) is 16.9. The first-order chi connectivity index (χ1) is 13.4. The number of Topliss-reactive ketones (excluding diaryl/α,β-unsaturated/α-hetero) is 1. The molecule has 0 saturated heterocycles. The number of aliphatic hydroxyl groups is 3. The molecule has 0 aromatic heterocycles. The molecule has 160 valence electrons. The molecule has 0 aromatic rings. The largest absolute Gasteiger partial charge is 0.390 e. The molecule has 2 saturated carbocycles. The van der Waals surface area contributed by atoms with Crippen LogP contribution in [0.1, 0.15) is 46.5 Å². The van der Waals surface area contributed by atoms with E-state index in [4.69, 9.17) is 0 Å². The van der Waals surface area contributed by atoms with Gasteiger partial charge in [-0.25, -0.2) is 8.78 Å². The van der Waals surface area contributed by atoms with E-state index in [0.717, 1.165) is 0 Å². The SMILES string of the molecule is C[C@H]1C[C@H]2[C@@H]3CC(F)=C4CC(=O)C=C[C@]4(C)[C@@]3(F)[C@@H](O)C[C@]2(C)[C@@]1(O)C(=O)CO. The number of ketones is 2. The van der Waals surface area contributed by atoms with Crippen LogP contribution < -0.4 is 0 Å². The van der Waals surface area contributed by atoms with Gasteiger partial charge in [-0.1, -0.05) is 19.9 Å². The van der Waals surface area contributed by atoms with E-state index in [0.29, 0.717) is 0 Å².